The van der Waals surface area contributed by atoms with E-state index >= 15 is 0 Å². The molecule has 3 heterocycles. The molecule has 32 heavy (non-hydrogen) atoms. The number of aromatic nitrogens is 3. The van der Waals surface area contributed by atoms with E-state index in [4.69, 9.17) is 36.3 Å². The predicted molar refractivity (Wildman–Crippen MR) is 136 cm³/mol. The van der Waals surface area contributed by atoms with Crippen molar-refractivity contribution in [2.24, 2.45) is 0 Å². The summed E-state index contributed by atoms with van der Waals surface area (Å²) in [4.78, 5) is 22.9. The predicted octanol–water partition coefficient (Wildman–Crippen LogP) is 6.79. The first-order chi connectivity index (χ1) is 15.5. The fourth-order valence-corrected chi connectivity index (χ4v) is 4.90. The van der Waals surface area contributed by atoms with E-state index in [1.54, 1.807) is 35.1 Å². The molecule has 0 aliphatic heterocycles. The Balaban J connectivity index is 1.59. The summed E-state index contributed by atoms with van der Waals surface area (Å²) in [5.74, 6) is 0.386. The second-order valence-electron chi connectivity index (χ2n) is 6.63. The first kappa shape index (κ1) is 21.4. The van der Waals surface area contributed by atoms with Crippen LogP contribution in [0.1, 0.15) is 0 Å². The molecule has 3 aromatic heterocycles. The van der Waals surface area contributed by atoms with E-state index < -0.39 is 0 Å². The summed E-state index contributed by atoms with van der Waals surface area (Å²) in [6.45, 7) is 0. The van der Waals surface area contributed by atoms with Crippen LogP contribution in [0.3, 0.4) is 0 Å². The first-order valence-corrected chi connectivity index (χ1v) is 11.7. The Morgan fingerprint density at radius 2 is 1.97 bits per heavy atom. The van der Waals surface area contributed by atoms with Gasteiger partial charge in [-0.25, -0.2) is 14.5 Å². The van der Waals surface area contributed by atoms with Crippen molar-refractivity contribution < 1.29 is 7.48 Å². The Kier molecular flexibility index (Phi) is 5.89. The highest BCUT2D eigenvalue weighted by Gasteiger charge is 2.15. The molecule has 0 fully saturated rings. The standard InChI is InChI=1S/C22H11ClIN3O3S2/c23-14-3-1-2-4-17(14)32-18-8-5-12-11-13(6-7-15(12)26-18)27-21(28)19-20(29-22(27)31)16(30-24)9-10-25-19/h1-11H. The first-order valence-electron chi connectivity index (χ1n) is 9.22. The molecule has 2 aromatic carbocycles. The van der Waals surface area contributed by atoms with Crippen molar-refractivity contribution in [1.29, 1.82) is 0 Å². The molecule has 0 N–H and O–H groups in total. The summed E-state index contributed by atoms with van der Waals surface area (Å²) in [6, 6.07) is 18.5. The average molecular weight is 592 g/mol. The maximum Gasteiger partial charge on any atom is 0.288 e. The van der Waals surface area contributed by atoms with E-state index in [-0.39, 0.29) is 21.5 Å². The van der Waals surface area contributed by atoms with E-state index in [0.29, 0.717) is 16.5 Å². The van der Waals surface area contributed by atoms with E-state index in [2.05, 4.69) is 4.98 Å². The summed E-state index contributed by atoms with van der Waals surface area (Å²) in [5, 5.41) is 2.34. The maximum absolute atomic E-state index is 13.1. The number of halogens is 2. The van der Waals surface area contributed by atoms with Crippen molar-refractivity contribution in [2.75, 3.05) is 0 Å². The molecule has 6 nitrogen and oxygen atoms in total. The molecule has 5 rings (SSSR count). The minimum atomic E-state index is -0.384. The Labute approximate surface area is 209 Å². The van der Waals surface area contributed by atoms with Crippen LogP contribution in [-0.2, 0) is 0 Å². The number of benzene rings is 2. The zero-order chi connectivity index (χ0) is 22.2. The van der Waals surface area contributed by atoms with Gasteiger partial charge in [0.05, 0.1) is 16.2 Å². The third-order valence-corrected chi connectivity index (χ3v) is 6.88. The van der Waals surface area contributed by atoms with Crippen LogP contribution < -0.4 is 8.63 Å². The SMILES string of the molecule is O=c1c2nccc(OI)c2oc(=S)n1-c1ccc2nc(Sc3ccccc3Cl)ccc2c1. The number of hydrogen-bond donors (Lipinski definition) is 0. The average Bonchev–Trinajstić information content (AvgIpc) is 2.80. The summed E-state index contributed by atoms with van der Waals surface area (Å²) >= 11 is 14.8. The van der Waals surface area contributed by atoms with Crippen LogP contribution in [0.2, 0.25) is 5.02 Å². The van der Waals surface area contributed by atoms with Gasteiger partial charge in [0.1, 0.15) is 5.03 Å². The van der Waals surface area contributed by atoms with Gasteiger partial charge in [-0.2, -0.15) is 0 Å². The summed E-state index contributed by atoms with van der Waals surface area (Å²) < 4.78 is 12.3. The molecule has 0 atom stereocenters. The largest absolute Gasteiger partial charge is 0.425 e. The lowest BCUT2D eigenvalue weighted by Crippen LogP contribution is -2.20. The molecule has 0 unspecified atom stereocenters. The Morgan fingerprint density at radius 3 is 2.78 bits per heavy atom. The number of rotatable bonds is 4. The lowest BCUT2D eigenvalue weighted by Gasteiger charge is -2.09. The van der Waals surface area contributed by atoms with Crippen LogP contribution in [0.5, 0.6) is 5.75 Å². The Morgan fingerprint density at radius 1 is 1.12 bits per heavy atom. The van der Waals surface area contributed by atoms with Gasteiger partial charge in [-0.1, -0.05) is 41.6 Å². The van der Waals surface area contributed by atoms with Crippen molar-refractivity contribution in [1.82, 2.24) is 14.5 Å². The van der Waals surface area contributed by atoms with E-state index in [9.17, 15) is 4.79 Å². The zero-order valence-electron chi connectivity index (χ0n) is 16.0. The highest BCUT2D eigenvalue weighted by atomic mass is 127. The van der Waals surface area contributed by atoms with Crippen LogP contribution in [0.15, 0.2) is 86.0 Å². The third-order valence-electron chi connectivity index (χ3n) is 4.69. The number of nitrogens with zero attached hydrogens (tertiary/aromatic N) is 3. The Bertz CT molecular complexity index is 1620. The highest BCUT2D eigenvalue weighted by Crippen LogP contribution is 2.33. The number of fused-ring (bicyclic) bond motifs is 2. The fourth-order valence-electron chi connectivity index (χ4n) is 3.22. The highest BCUT2D eigenvalue weighted by molar-refractivity contribution is 14.1. The molecule has 158 valence electrons. The van der Waals surface area contributed by atoms with Crippen LogP contribution in [0.4, 0.5) is 0 Å². The second-order valence-corrected chi connectivity index (χ2v) is 8.89. The van der Waals surface area contributed by atoms with Gasteiger partial charge < -0.3 is 7.48 Å². The normalized spacial score (nSPS) is 11.2. The summed E-state index contributed by atoms with van der Waals surface area (Å²) in [5.41, 5.74) is 1.31. The van der Waals surface area contributed by atoms with Gasteiger partial charge in [-0.05, 0) is 48.6 Å². The molecule has 0 radical (unpaired) electrons. The van der Waals surface area contributed by atoms with E-state index in [0.717, 1.165) is 20.8 Å². The number of pyridine rings is 2. The quantitative estimate of drug-likeness (QED) is 0.168. The summed E-state index contributed by atoms with van der Waals surface area (Å²) in [7, 11) is 0. The smallest absolute Gasteiger partial charge is 0.288 e. The van der Waals surface area contributed by atoms with Crippen molar-refractivity contribution in [3.8, 4) is 11.4 Å². The van der Waals surface area contributed by atoms with E-state index in [1.807, 2.05) is 48.5 Å². The monoisotopic (exact) mass is 591 g/mol. The van der Waals surface area contributed by atoms with Gasteiger partial charge in [-0.15, -0.1) is 0 Å². The minimum Gasteiger partial charge on any atom is -0.425 e. The van der Waals surface area contributed by atoms with Gasteiger partial charge in [0, 0.05) is 22.5 Å². The second kappa shape index (κ2) is 8.81. The maximum atomic E-state index is 13.1. The van der Waals surface area contributed by atoms with Crippen LogP contribution in [-0.4, -0.2) is 14.5 Å². The van der Waals surface area contributed by atoms with Crippen LogP contribution >= 0.6 is 58.6 Å². The molecule has 0 saturated heterocycles. The molecule has 0 spiro atoms. The lowest BCUT2D eigenvalue weighted by atomic mass is 10.2. The van der Waals surface area contributed by atoms with Crippen LogP contribution in [0, 0.1) is 4.84 Å². The topological polar surface area (TPSA) is 70.2 Å². The zero-order valence-corrected chi connectivity index (χ0v) is 20.5. The van der Waals surface area contributed by atoms with Crippen molar-refractivity contribution >= 4 is 80.6 Å². The van der Waals surface area contributed by atoms with Crippen molar-refractivity contribution in [2.45, 2.75) is 9.92 Å². The van der Waals surface area contributed by atoms with Gasteiger partial charge >= 0.3 is 0 Å². The molecule has 0 amide bonds. The molecule has 0 aliphatic carbocycles. The molecule has 0 aliphatic rings. The van der Waals surface area contributed by atoms with Crippen molar-refractivity contribution in [3.05, 3.63) is 87.1 Å². The van der Waals surface area contributed by atoms with Gasteiger partial charge in [-0.3, -0.25) is 4.79 Å². The van der Waals surface area contributed by atoms with E-state index in [1.165, 1.54) is 22.5 Å². The fraction of sp³-hybridized carbons (Fsp3) is 0. The minimum absolute atomic E-state index is 0.00315. The van der Waals surface area contributed by atoms with Crippen LogP contribution in [0.25, 0.3) is 27.7 Å². The molecule has 5 aromatic rings. The molecular formula is C22H11ClIN3O3S2. The van der Waals surface area contributed by atoms with Gasteiger partial charge in [0.2, 0.25) is 5.58 Å². The summed E-state index contributed by atoms with van der Waals surface area (Å²) in [6.07, 6.45) is 1.49. The lowest BCUT2D eigenvalue weighted by molar-refractivity contribution is 0.521. The third kappa shape index (κ3) is 3.90. The van der Waals surface area contributed by atoms with Gasteiger partial charge in [0.15, 0.2) is 34.3 Å². The Hall–Kier alpha value is -2.47. The molecular weight excluding hydrogens is 581 g/mol. The molecule has 10 heteroatoms. The number of hydrogen-bond acceptors (Lipinski definition) is 7. The molecule has 0 saturated carbocycles. The molecule has 0 bridgehead atoms. The van der Waals surface area contributed by atoms with Crippen molar-refractivity contribution in [3.63, 3.8) is 0 Å². The van der Waals surface area contributed by atoms with Gasteiger partial charge in [0.25, 0.3) is 10.4 Å².